The minimum absolute atomic E-state index is 0.250. The Hall–Kier alpha value is -1.83. The molecule has 120 valence electrons. The summed E-state index contributed by atoms with van der Waals surface area (Å²) in [4.78, 5) is 10.8. The third-order valence-corrected chi connectivity index (χ3v) is 3.97. The van der Waals surface area contributed by atoms with Gasteiger partial charge in [0.25, 0.3) is 0 Å². The fourth-order valence-corrected chi connectivity index (χ4v) is 2.94. The first kappa shape index (κ1) is 16.5. The van der Waals surface area contributed by atoms with Crippen LogP contribution in [0.3, 0.4) is 0 Å². The number of halogens is 3. The molecule has 0 aliphatic rings. The Morgan fingerprint density at radius 2 is 2.00 bits per heavy atom. The molecule has 1 aromatic heterocycles. The predicted molar refractivity (Wildman–Crippen MR) is 82.0 cm³/mol. The van der Waals surface area contributed by atoms with E-state index in [9.17, 15) is 13.2 Å². The van der Waals surface area contributed by atoms with Crippen molar-refractivity contribution in [2.24, 2.45) is 4.99 Å². The number of thiazole rings is 1. The zero-order valence-corrected chi connectivity index (χ0v) is 13.3. The third-order valence-electron chi connectivity index (χ3n) is 3.06. The maximum Gasteiger partial charge on any atom is 0.573 e. The van der Waals surface area contributed by atoms with Gasteiger partial charge < -0.3 is 9.64 Å². The van der Waals surface area contributed by atoms with Crippen LogP contribution in [0.5, 0.6) is 5.75 Å². The van der Waals surface area contributed by atoms with Crippen LogP contribution in [0, 0.1) is 0 Å². The summed E-state index contributed by atoms with van der Waals surface area (Å²) < 4.78 is 41.2. The van der Waals surface area contributed by atoms with Crippen LogP contribution in [0.4, 0.5) is 18.3 Å². The van der Waals surface area contributed by atoms with Gasteiger partial charge >= 0.3 is 6.36 Å². The summed E-state index contributed by atoms with van der Waals surface area (Å²) in [6.45, 7) is 7.61. The quantitative estimate of drug-likeness (QED) is 0.607. The average molecular weight is 331 g/mol. The fraction of sp³-hybridized carbons (Fsp3) is 0.429. The number of ether oxygens (including phenoxy) is 1. The highest BCUT2D eigenvalue weighted by Crippen LogP contribution is 2.32. The first-order valence-electron chi connectivity index (χ1n) is 6.79. The molecule has 0 spiro atoms. The van der Waals surface area contributed by atoms with Gasteiger partial charge in [0.2, 0.25) is 5.13 Å². The minimum Gasteiger partial charge on any atom is -0.406 e. The third kappa shape index (κ3) is 4.09. The molecule has 4 nitrogen and oxygen atoms in total. The highest BCUT2D eigenvalue weighted by Gasteiger charge is 2.31. The molecule has 2 aromatic rings. The van der Waals surface area contributed by atoms with Crippen molar-refractivity contribution in [1.82, 2.24) is 9.88 Å². The molecule has 0 fully saturated rings. The molecule has 0 atom stereocenters. The van der Waals surface area contributed by atoms with Gasteiger partial charge in [0.15, 0.2) is 0 Å². The summed E-state index contributed by atoms with van der Waals surface area (Å²) in [5.74, 6) is 0.579. The largest absolute Gasteiger partial charge is 0.573 e. The van der Waals surface area contributed by atoms with Gasteiger partial charge in [0.05, 0.1) is 10.2 Å². The Labute approximate surface area is 130 Å². The second kappa shape index (κ2) is 6.51. The van der Waals surface area contributed by atoms with Crippen molar-refractivity contribution in [1.29, 1.82) is 0 Å². The first-order chi connectivity index (χ1) is 10.3. The van der Waals surface area contributed by atoms with Crippen molar-refractivity contribution in [3.8, 4) is 5.75 Å². The molecule has 2 rings (SSSR count). The number of hydrogen-bond acceptors (Lipinski definition) is 4. The Bertz CT molecular complexity index is 678. The number of benzene rings is 1. The summed E-state index contributed by atoms with van der Waals surface area (Å²) in [5.41, 5.74) is 0.602. The lowest BCUT2D eigenvalue weighted by Crippen LogP contribution is -2.27. The highest BCUT2D eigenvalue weighted by atomic mass is 32.1. The van der Waals surface area contributed by atoms with E-state index in [0.29, 0.717) is 15.3 Å². The van der Waals surface area contributed by atoms with Crippen LogP contribution in [0.2, 0.25) is 0 Å². The van der Waals surface area contributed by atoms with Gasteiger partial charge in [-0.3, -0.25) is 0 Å². The van der Waals surface area contributed by atoms with Gasteiger partial charge in [0.1, 0.15) is 11.6 Å². The monoisotopic (exact) mass is 331 g/mol. The maximum atomic E-state index is 12.2. The van der Waals surface area contributed by atoms with Crippen molar-refractivity contribution in [2.45, 2.75) is 27.1 Å². The van der Waals surface area contributed by atoms with Gasteiger partial charge in [-0.25, -0.2) is 9.98 Å². The lowest BCUT2D eigenvalue weighted by Gasteiger charge is -2.19. The van der Waals surface area contributed by atoms with Crippen LogP contribution >= 0.6 is 11.3 Å². The van der Waals surface area contributed by atoms with E-state index < -0.39 is 6.36 Å². The topological polar surface area (TPSA) is 37.7 Å². The molecule has 0 N–H and O–H groups in total. The Kier molecular flexibility index (Phi) is 4.90. The molecule has 1 heterocycles. The molecule has 8 heteroatoms. The standard InChI is InChI=1S/C14H16F3N3OS/c1-4-20(5-2)9(3)18-13-19-11-7-6-10(8-12(11)22-13)21-14(15,16)17/h6-8H,4-5H2,1-3H3/b18-9-. The van der Waals surface area contributed by atoms with E-state index >= 15 is 0 Å². The van der Waals surface area contributed by atoms with E-state index in [1.807, 2.05) is 20.8 Å². The molecule has 0 saturated carbocycles. The summed E-state index contributed by atoms with van der Waals surface area (Å²) in [6, 6.07) is 4.07. The van der Waals surface area contributed by atoms with E-state index in [-0.39, 0.29) is 5.75 Å². The van der Waals surface area contributed by atoms with Crippen LogP contribution in [-0.4, -0.2) is 35.2 Å². The van der Waals surface area contributed by atoms with Gasteiger partial charge in [-0.05, 0) is 32.9 Å². The summed E-state index contributed by atoms with van der Waals surface area (Å²) in [7, 11) is 0. The maximum absolute atomic E-state index is 12.2. The average Bonchev–Trinajstić information content (AvgIpc) is 2.79. The van der Waals surface area contributed by atoms with Crippen molar-refractivity contribution >= 4 is 32.5 Å². The summed E-state index contributed by atoms with van der Waals surface area (Å²) in [5, 5.41) is 0.517. The van der Waals surface area contributed by atoms with Gasteiger partial charge in [-0.1, -0.05) is 11.3 Å². The number of alkyl halides is 3. The van der Waals surface area contributed by atoms with E-state index in [0.717, 1.165) is 18.9 Å². The molecule has 0 aliphatic carbocycles. The molecule has 0 radical (unpaired) electrons. The lowest BCUT2D eigenvalue weighted by atomic mass is 10.3. The van der Waals surface area contributed by atoms with Crippen LogP contribution < -0.4 is 4.74 Å². The second-order valence-electron chi connectivity index (χ2n) is 4.51. The smallest absolute Gasteiger partial charge is 0.406 e. The van der Waals surface area contributed by atoms with Gasteiger partial charge in [-0.2, -0.15) is 0 Å². The normalized spacial score (nSPS) is 12.7. The molecular formula is C14H16F3N3OS. The molecule has 0 saturated heterocycles. The number of aromatic nitrogens is 1. The Balaban J connectivity index is 2.29. The second-order valence-corrected chi connectivity index (χ2v) is 5.51. The first-order valence-corrected chi connectivity index (χ1v) is 7.60. The molecule has 0 amide bonds. The minimum atomic E-state index is -4.70. The van der Waals surface area contributed by atoms with Crippen LogP contribution in [-0.2, 0) is 0 Å². The van der Waals surface area contributed by atoms with Crippen molar-refractivity contribution < 1.29 is 17.9 Å². The number of amidine groups is 1. The van der Waals surface area contributed by atoms with E-state index in [1.54, 1.807) is 0 Å². The predicted octanol–water partition coefficient (Wildman–Crippen LogP) is 4.59. The fourth-order valence-electron chi connectivity index (χ4n) is 2.03. The van der Waals surface area contributed by atoms with Crippen LogP contribution in [0.1, 0.15) is 20.8 Å². The summed E-state index contributed by atoms with van der Waals surface area (Å²) in [6.07, 6.45) is -4.70. The summed E-state index contributed by atoms with van der Waals surface area (Å²) >= 11 is 1.23. The van der Waals surface area contributed by atoms with E-state index in [2.05, 4.69) is 19.6 Å². The number of rotatable bonds is 4. The lowest BCUT2D eigenvalue weighted by molar-refractivity contribution is -0.274. The molecule has 0 aliphatic heterocycles. The van der Waals surface area contributed by atoms with Crippen LogP contribution in [0.15, 0.2) is 23.2 Å². The zero-order chi connectivity index (χ0) is 16.3. The van der Waals surface area contributed by atoms with E-state index in [4.69, 9.17) is 0 Å². The van der Waals surface area contributed by atoms with Crippen molar-refractivity contribution in [3.05, 3.63) is 18.2 Å². The van der Waals surface area contributed by atoms with Gasteiger partial charge in [0, 0.05) is 19.2 Å². The Morgan fingerprint density at radius 1 is 1.32 bits per heavy atom. The SMILES string of the molecule is CCN(CC)/C(C)=N\c1nc2ccc(OC(F)(F)F)cc2s1. The highest BCUT2D eigenvalue weighted by molar-refractivity contribution is 7.22. The molecule has 0 bridgehead atoms. The van der Waals surface area contributed by atoms with Crippen molar-refractivity contribution in [2.75, 3.05) is 13.1 Å². The van der Waals surface area contributed by atoms with Crippen LogP contribution in [0.25, 0.3) is 10.2 Å². The zero-order valence-electron chi connectivity index (χ0n) is 12.4. The number of aliphatic imine (C=N–C) groups is 1. The molecule has 1 aromatic carbocycles. The molecule has 0 unspecified atom stereocenters. The number of nitrogens with zero attached hydrogens (tertiary/aromatic N) is 3. The van der Waals surface area contributed by atoms with E-state index in [1.165, 1.54) is 29.5 Å². The number of fused-ring (bicyclic) bond motifs is 1. The molecular weight excluding hydrogens is 315 g/mol. The Morgan fingerprint density at radius 3 is 2.59 bits per heavy atom. The van der Waals surface area contributed by atoms with Crippen molar-refractivity contribution in [3.63, 3.8) is 0 Å². The molecule has 22 heavy (non-hydrogen) atoms. The van der Waals surface area contributed by atoms with Gasteiger partial charge in [-0.15, -0.1) is 13.2 Å². The number of hydrogen-bond donors (Lipinski definition) is 0.